The maximum Gasteiger partial charge on any atom is 0.325 e. The quantitative estimate of drug-likeness (QED) is 0.847. The second-order valence-corrected chi connectivity index (χ2v) is 6.06. The topological polar surface area (TPSA) is 58.6 Å². The van der Waals surface area contributed by atoms with E-state index in [9.17, 15) is 9.59 Å². The van der Waals surface area contributed by atoms with E-state index in [2.05, 4.69) is 5.32 Å². The van der Waals surface area contributed by atoms with Crippen LogP contribution < -0.4 is 10.1 Å². The molecule has 1 atom stereocenters. The van der Waals surface area contributed by atoms with Crippen molar-refractivity contribution in [3.63, 3.8) is 0 Å². The predicted molar refractivity (Wildman–Crippen MR) is 91.0 cm³/mol. The van der Waals surface area contributed by atoms with Crippen molar-refractivity contribution < 1.29 is 14.3 Å². The van der Waals surface area contributed by atoms with Gasteiger partial charge in [0.05, 0.1) is 11.6 Å². The Hall–Kier alpha value is -2.53. The molecule has 0 unspecified atom stereocenters. The number of para-hydroxylation sites is 1. The van der Waals surface area contributed by atoms with Gasteiger partial charge < -0.3 is 10.1 Å². The van der Waals surface area contributed by atoms with Crippen LogP contribution in [0.25, 0.3) is 0 Å². The molecule has 1 aliphatic rings. The summed E-state index contributed by atoms with van der Waals surface area (Å²) in [4.78, 5) is 26.1. The number of carbonyl (C=O) groups is 2. The molecule has 24 heavy (non-hydrogen) atoms. The number of amides is 3. The summed E-state index contributed by atoms with van der Waals surface area (Å²) in [6, 6.07) is 15.8. The van der Waals surface area contributed by atoms with Crippen molar-refractivity contribution in [3.05, 3.63) is 65.2 Å². The highest BCUT2D eigenvalue weighted by Crippen LogP contribution is 2.28. The van der Waals surface area contributed by atoms with Gasteiger partial charge in [0, 0.05) is 0 Å². The number of halogens is 1. The van der Waals surface area contributed by atoms with E-state index in [1.54, 1.807) is 31.2 Å². The van der Waals surface area contributed by atoms with Crippen molar-refractivity contribution in [2.45, 2.75) is 12.5 Å². The lowest BCUT2D eigenvalue weighted by atomic mass is 9.92. The Balaban J connectivity index is 1.68. The zero-order valence-corrected chi connectivity index (χ0v) is 13.9. The lowest BCUT2D eigenvalue weighted by Gasteiger charge is -2.22. The normalized spacial score (nSPS) is 20.2. The predicted octanol–water partition coefficient (Wildman–Crippen LogP) is 3.19. The minimum atomic E-state index is -1.05. The molecule has 1 saturated heterocycles. The monoisotopic (exact) mass is 344 g/mol. The van der Waals surface area contributed by atoms with Crippen LogP contribution in [0.4, 0.5) is 4.79 Å². The first-order chi connectivity index (χ1) is 11.5. The second kappa shape index (κ2) is 6.53. The fourth-order valence-corrected chi connectivity index (χ4v) is 2.87. The SMILES string of the molecule is C[C@@]1(c2ccccc2)NC(=O)N(CCOc2ccccc2Cl)C1=O. The molecule has 1 N–H and O–H groups in total. The van der Waals surface area contributed by atoms with E-state index >= 15 is 0 Å². The number of nitrogens with one attached hydrogen (secondary N) is 1. The molecule has 3 rings (SSSR count). The van der Waals surface area contributed by atoms with E-state index in [0.29, 0.717) is 10.8 Å². The summed E-state index contributed by atoms with van der Waals surface area (Å²) in [6.07, 6.45) is 0. The molecule has 6 heteroatoms. The van der Waals surface area contributed by atoms with Crippen LogP contribution in [0, 0.1) is 0 Å². The Kier molecular flexibility index (Phi) is 4.44. The van der Waals surface area contributed by atoms with Crippen molar-refractivity contribution in [1.29, 1.82) is 0 Å². The Labute approximate surface area is 145 Å². The van der Waals surface area contributed by atoms with E-state index < -0.39 is 11.6 Å². The third kappa shape index (κ3) is 2.95. The minimum absolute atomic E-state index is 0.151. The number of ether oxygens (including phenoxy) is 1. The molecule has 3 amide bonds. The van der Waals surface area contributed by atoms with Gasteiger partial charge in [0.25, 0.3) is 5.91 Å². The number of imide groups is 1. The van der Waals surface area contributed by atoms with Gasteiger partial charge >= 0.3 is 6.03 Å². The number of hydrogen-bond donors (Lipinski definition) is 1. The first kappa shape index (κ1) is 16.3. The lowest BCUT2D eigenvalue weighted by Crippen LogP contribution is -2.41. The van der Waals surface area contributed by atoms with Crippen LogP contribution in [0.5, 0.6) is 5.75 Å². The van der Waals surface area contributed by atoms with Crippen LogP contribution in [0.3, 0.4) is 0 Å². The van der Waals surface area contributed by atoms with Crippen LogP contribution in [0.15, 0.2) is 54.6 Å². The molecule has 0 bridgehead atoms. The van der Waals surface area contributed by atoms with Gasteiger partial charge in [-0.1, -0.05) is 54.1 Å². The molecule has 5 nitrogen and oxygen atoms in total. The average Bonchev–Trinajstić information content (AvgIpc) is 2.81. The summed E-state index contributed by atoms with van der Waals surface area (Å²) < 4.78 is 5.56. The van der Waals surface area contributed by atoms with Gasteiger partial charge in [0.1, 0.15) is 17.9 Å². The average molecular weight is 345 g/mol. The number of urea groups is 1. The van der Waals surface area contributed by atoms with Gasteiger partial charge in [0.15, 0.2) is 0 Å². The summed E-state index contributed by atoms with van der Waals surface area (Å²) in [6.45, 7) is 2.03. The van der Waals surface area contributed by atoms with Crippen molar-refractivity contribution >= 4 is 23.5 Å². The van der Waals surface area contributed by atoms with Crippen molar-refractivity contribution in [2.24, 2.45) is 0 Å². The van der Waals surface area contributed by atoms with E-state index in [0.717, 1.165) is 5.56 Å². The third-order valence-electron chi connectivity index (χ3n) is 4.04. The van der Waals surface area contributed by atoms with Crippen LogP contribution in [0.2, 0.25) is 5.02 Å². The Bertz CT molecular complexity index is 766. The first-order valence-corrected chi connectivity index (χ1v) is 7.97. The zero-order valence-electron chi connectivity index (χ0n) is 13.2. The Morgan fingerprint density at radius 1 is 1.08 bits per heavy atom. The van der Waals surface area contributed by atoms with Gasteiger partial charge in [-0.05, 0) is 24.6 Å². The summed E-state index contributed by atoms with van der Waals surface area (Å²) in [5.41, 5.74) is -0.305. The van der Waals surface area contributed by atoms with E-state index in [1.807, 2.05) is 30.3 Å². The molecule has 2 aromatic rings. The molecule has 0 radical (unpaired) electrons. The highest BCUT2D eigenvalue weighted by molar-refractivity contribution is 6.32. The Morgan fingerprint density at radius 3 is 2.46 bits per heavy atom. The maximum absolute atomic E-state index is 12.7. The largest absolute Gasteiger partial charge is 0.490 e. The lowest BCUT2D eigenvalue weighted by molar-refractivity contribution is -0.131. The van der Waals surface area contributed by atoms with Gasteiger partial charge in [0.2, 0.25) is 0 Å². The van der Waals surface area contributed by atoms with Gasteiger partial charge in [-0.3, -0.25) is 9.69 Å². The van der Waals surface area contributed by atoms with Gasteiger partial charge in [-0.2, -0.15) is 0 Å². The summed E-state index contributed by atoms with van der Waals surface area (Å²) in [5.74, 6) is 0.235. The zero-order chi connectivity index (χ0) is 17.2. The van der Waals surface area contributed by atoms with Crippen LogP contribution in [0.1, 0.15) is 12.5 Å². The number of nitrogens with zero attached hydrogens (tertiary/aromatic N) is 1. The highest BCUT2D eigenvalue weighted by Gasteiger charge is 2.48. The second-order valence-electron chi connectivity index (χ2n) is 5.66. The number of benzene rings is 2. The van der Waals surface area contributed by atoms with Crippen LogP contribution >= 0.6 is 11.6 Å². The molecule has 0 spiro atoms. The fourth-order valence-electron chi connectivity index (χ4n) is 2.68. The molecule has 0 saturated carbocycles. The standard InChI is InChI=1S/C18H17ClN2O3/c1-18(13-7-3-2-4-8-13)16(22)21(17(23)20-18)11-12-24-15-10-6-5-9-14(15)19/h2-10H,11-12H2,1H3,(H,20,23)/t18-/m0/s1. The molecule has 1 aliphatic heterocycles. The van der Waals surface area contributed by atoms with Crippen molar-refractivity contribution in [2.75, 3.05) is 13.2 Å². The molecular formula is C18H17ClN2O3. The first-order valence-electron chi connectivity index (χ1n) is 7.59. The van der Waals surface area contributed by atoms with Gasteiger partial charge in [-0.25, -0.2) is 4.79 Å². The molecule has 0 aromatic heterocycles. The molecule has 0 aliphatic carbocycles. The van der Waals surface area contributed by atoms with E-state index in [4.69, 9.17) is 16.3 Å². The Morgan fingerprint density at radius 2 is 1.75 bits per heavy atom. The summed E-state index contributed by atoms with van der Waals surface area (Å²) in [7, 11) is 0. The van der Waals surface area contributed by atoms with Crippen molar-refractivity contribution in [1.82, 2.24) is 10.2 Å². The van der Waals surface area contributed by atoms with Gasteiger partial charge in [-0.15, -0.1) is 0 Å². The third-order valence-corrected chi connectivity index (χ3v) is 4.35. The van der Waals surface area contributed by atoms with E-state index in [-0.39, 0.29) is 19.1 Å². The summed E-state index contributed by atoms with van der Waals surface area (Å²) >= 11 is 6.02. The molecule has 1 heterocycles. The fraction of sp³-hybridized carbons (Fsp3) is 0.222. The number of hydrogen-bond acceptors (Lipinski definition) is 3. The molecule has 2 aromatic carbocycles. The highest BCUT2D eigenvalue weighted by atomic mass is 35.5. The molecular weight excluding hydrogens is 328 g/mol. The smallest absolute Gasteiger partial charge is 0.325 e. The number of rotatable bonds is 5. The minimum Gasteiger partial charge on any atom is -0.490 e. The van der Waals surface area contributed by atoms with Crippen molar-refractivity contribution in [3.8, 4) is 5.75 Å². The number of carbonyl (C=O) groups excluding carboxylic acids is 2. The molecule has 1 fully saturated rings. The van der Waals surface area contributed by atoms with Crippen LogP contribution in [-0.2, 0) is 10.3 Å². The van der Waals surface area contributed by atoms with Crippen LogP contribution in [-0.4, -0.2) is 30.0 Å². The summed E-state index contributed by atoms with van der Waals surface area (Å²) in [5, 5.41) is 3.25. The van der Waals surface area contributed by atoms with E-state index in [1.165, 1.54) is 4.90 Å². The maximum atomic E-state index is 12.7. The molecule has 124 valence electrons.